The Bertz CT molecular complexity index is 587. The van der Waals surface area contributed by atoms with Crippen LogP contribution in [0, 0.1) is 12.7 Å². The third-order valence-electron chi connectivity index (χ3n) is 2.77. The second-order valence-corrected chi connectivity index (χ2v) is 4.20. The van der Waals surface area contributed by atoms with Gasteiger partial charge in [-0.2, -0.15) is 0 Å². The summed E-state index contributed by atoms with van der Waals surface area (Å²) in [6.07, 6.45) is 0. The standard InChI is InChI=1S/C14H16FN3O/c1-9-6-10(15)4-5-11(9)12-7-13(16-2)18-14(17-12)8-19-3/h4-7H,8H2,1-3H3,(H,16,17,18). The first kappa shape index (κ1) is 13.4. The van der Waals surface area contributed by atoms with E-state index in [4.69, 9.17) is 4.74 Å². The van der Waals surface area contributed by atoms with Crippen LogP contribution in [0.2, 0.25) is 0 Å². The van der Waals surface area contributed by atoms with Gasteiger partial charge in [-0.25, -0.2) is 14.4 Å². The lowest BCUT2D eigenvalue weighted by Crippen LogP contribution is -2.03. The van der Waals surface area contributed by atoms with E-state index in [9.17, 15) is 4.39 Å². The molecule has 0 saturated carbocycles. The highest BCUT2D eigenvalue weighted by Gasteiger charge is 2.09. The normalized spacial score (nSPS) is 10.5. The van der Waals surface area contributed by atoms with Crippen molar-refractivity contribution < 1.29 is 9.13 Å². The highest BCUT2D eigenvalue weighted by Crippen LogP contribution is 2.24. The molecule has 0 aliphatic rings. The van der Waals surface area contributed by atoms with Crippen LogP contribution in [0.3, 0.4) is 0 Å². The van der Waals surface area contributed by atoms with Crippen LogP contribution in [0.1, 0.15) is 11.4 Å². The van der Waals surface area contributed by atoms with Crippen molar-refractivity contribution in [1.82, 2.24) is 9.97 Å². The number of halogens is 1. The van der Waals surface area contributed by atoms with Crippen LogP contribution >= 0.6 is 0 Å². The molecule has 1 aromatic carbocycles. The van der Waals surface area contributed by atoms with Gasteiger partial charge in [-0.15, -0.1) is 0 Å². The summed E-state index contributed by atoms with van der Waals surface area (Å²) >= 11 is 0. The van der Waals surface area contributed by atoms with Crippen molar-refractivity contribution in [3.63, 3.8) is 0 Å². The van der Waals surface area contributed by atoms with Crippen molar-refractivity contribution in [3.8, 4) is 11.3 Å². The number of benzene rings is 1. The highest BCUT2D eigenvalue weighted by atomic mass is 19.1. The summed E-state index contributed by atoms with van der Waals surface area (Å²) in [5.41, 5.74) is 2.48. The van der Waals surface area contributed by atoms with Crippen molar-refractivity contribution >= 4 is 5.82 Å². The van der Waals surface area contributed by atoms with Crippen molar-refractivity contribution in [1.29, 1.82) is 0 Å². The van der Waals surface area contributed by atoms with Crippen molar-refractivity contribution in [2.45, 2.75) is 13.5 Å². The molecule has 4 nitrogen and oxygen atoms in total. The average Bonchev–Trinajstić information content (AvgIpc) is 2.38. The molecule has 1 heterocycles. The fourth-order valence-corrected chi connectivity index (χ4v) is 1.87. The predicted molar refractivity (Wildman–Crippen MR) is 72.4 cm³/mol. The molecule has 0 fully saturated rings. The van der Waals surface area contributed by atoms with Crippen LogP contribution < -0.4 is 5.32 Å². The van der Waals surface area contributed by atoms with Gasteiger partial charge in [-0.1, -0.05) is 0 Å². The minimum atomic E-state index is -0.249. The van der Waals surface area contributed by atoms with E-state index in [1.165, 1.54) is 12.1 Å². The molecule has 0 atom stereocenters. The summed E-state index contributed by atoms with van der Waals surface area (Å²) in [4.78, 5) is 8.73. The lowest BCUT2D eigenvalue weighted by molar-refractivity contribution is 0.178. The van der Waals surface area contributed by atoms with Crippen molar-refractivity contribution in [3.05, 3.63) is 41.5 Å². The van der Waals surface area contributed by atoms with Crippen LogP contribution in [0.15, 0.2) is 24.3 Å². The molecule has 100 valence electrons. The maximum atomic E-state index is 13.1. The molecule has 0 amide bonds. The zero-order chi connectivity index (χ0) is 13.8. The summed E-state index contributed by atoms with van der Waals surface area (Å²) in [5.74, 6) is 1.05. The second kappa shape index (κ2) is 5.75. The summed E-state index contributed by atoms with van der Waals surface area (Å²) in [5, 5.41) is 2.99. The van der Waals surface area contributed by atoms with E-state index in [1.54, 1.807) is 20.2 Å². The summed E-state index contributed by atoms with van der Waals surface area (Å²) in [7, 11) is 3.39. The SMILES string of the molecule is CNc1cc(-c2ccc(F)cc2C)nc(COC)n1. The molecule has 0 spiro atoms. The van der Waals surface area contributed by atoms with E-state index in [0.29, 0.717) is 18.2 Å². The molecule has 0 aliphatic heterocycles. The lowest BCUT2D eigenvalue weighted by atomic mass is 10.1. The highest BCUT2D eigenvalue weighted by molar-refractivity contribution is 5.66. The molecule has 5 heteroatoms. The van der Waals surface area contributed by atoms with E-state index in [0.717, 1.165) is 16.8 Å². The largest absolute Gasteiger partial charge is 0.377 e. The zero-order valence-corrected chi connectivity index (χ0v) is 11.2. The fraction of sp³-hybridized carbons (Fsp3) is 0.286. The smallest absolute Gasteiger partial charge is 0.157 e. The van der Waals surface area contributed by atoms with Gasteiger partial charge in [0.25, 0.3) is 0 Å². The number of rotatable bonds is 4. The molecule has 0 radical (unpaired) electrons. The van der Waals surface area contributed by atoms with Crippen molar-refractivity contribution in [2.24, 2.45) is 0 Å². The third-order valence-corrected chi connectivity index (χ3v) is 2.77. The maximum absolute atomic E-state index is 13.1. The Morgan fingerprint density at radius 2 is 2.05 bits per heavy atom. The van der Waals surface area contributed by atoms with Crippen LogP contribution in [0.25, 0.3) is 11.3 Å². The molecule has 0 bridgehead atoms. The Hall–Kier alpha value is -2.01. The van der Waals surface area contributed by atoms with E-state index < -0.39 is 0 Å². The Morgan fingerprint density at radius 1 is 1.26 bits per heavy atom. The first-order valence-corrected chi connectivity index (χ1v) is 5.95. The summed E-state index contributed by atoms with van der Waals surface area (Å²) in [6.45, 7) is 2.19. The van der Waals surface area contributed by atoms with Gasteiger partial charge >= 0.3 is 0 Å². The summed E-state index contributed by atoms with van der Waals surface area (Å²) < 4.78 is 18.2. The number of aryl methyl sites for hydroxylation is 1. The van der Waals surface area contributed by atoms with Crippen molar-refractivity contribution in [2.75, 3.05) is 19.5 Å². The molecule has 1 N–H and O–H groups in total. The first-order chi connectivity index (χ1) is 9.13. The molecule has 0 aliphatic carbocycles. The van der Waals surface area contributed by atoms with E-state index >= 15 is 0 Å². The van der Waals surface area contributed by atoms with Gasteiger partial charge in [0.1, 0.15) is 18.2 Å². The van der Waals surface area contributed by atoms with Crippen LogP contribution in [0.4, 0.5) is 10.2 Å². The number of ether oxygens (including phenoxy) is 1. The Balaban J connectivity index is 2.51. The number of methoxy groups -OCH3 is 1. The number of hydrogen-bond donors (Lipinski definition) is 1. The zero-order valence-electron chi connectivity index (χ0n) is 11.2. The Labute approximate surface area is 111 Å². The number of nitrogens with zero attached hydrogens (tertiary/aromatic N) is 2. The predicted octanol–water partition coefficient (Wildman–Crippen LogP) is 2.78. The van der Waals surface area contributed by atoms with Gasteiger partial charge in [0.2, 0.25) is 0 Å². The molecular weight excluding hydrogens is 245 g/mol. The molecule has 1 aromatic heterocycles. The fourth-order valence-electron chi connectivity index (χ4n) is 1.87. The average molecular weight is 261 g/mol. The number of nitrogens with one attached hydrogen (secondary N) is 1. The van der Waals surface area contributed by atoms with Gasteiger partial charge in [0, 0.05) is 25.8 Å². The van der Waals surface area contributed by atoms with E-state index in [2.05, 4.69) is 15.3 Å². The third kappa shape index (κ3) is 3.06. The van der Waals surface area contributed by atoms with Gasteiger partial charge < -0.3 is 10.1 Å². The first-order valence-electron chi connectivity index (χ1n) is 5.95. The molecule has 19 heavy (non-hydrogen) atoms. The quantitative estimate of drug-likeness (QED) is 0.919. The van der Waals surface area contributed by atoms with Gasteiger partial charge in [-0.05, 0) is 30.7 Å². The minimum absolute atomic E-state index is 0.249. The second-order valence-electron chi connectivity index (χ2n) is 4.20. The number of hydrogen-bond acceptors (Lipinski definition) is 4. The van der Waals surface area contributed by atoms with Crippen LogP contribution in [-0.2, 0) is 11.3 Å². The van der Waals surface area contributed by atoms with Crippen LogP contribution in [0.5, 0.6) is 0 Å². The number of aromatic nitrogens is 2. The maximum Gasteiger partial charge on any atom is 0.157 e. The van der Waals surface area contributed by atoms with E-state index in [1.807, 2.05) is 13.0 Å². The molecule has 2 aromatic rings. The van der Waals surface area contributed by atoms with Gasteiger partial charge in [-0.3, -0.25) is 0 Å². The Kier molecular flexibility index (Phi) is 4.06. The topological polar surface area (TPSA) is 47.0 Å². The van der Waals surface area contributed by atoms with Gasteiger partial charge in [0.05, 0.1) is 5.69 Å². The molecule has 0 saturated heterocycles. The molecule has 2 rings (SSSR count). The molecule has 0 unspecified atom stereocenters. The molecular formula is C14H16FN3O. The van der Waals surface area contributed by atoms with E-state index in [-0.39, 0.29) is 5.82 Å². The summed E-state index contributed by atoms with van der Waals surface area (Å²) in [6, 6.07) is 6.48. The minimum Gasteiger partial charge on any atom is -0.377 e. The lowest BCUT2D eigenvalue weighted by Gasteiger charge is -2.09. The number of anilines is 1. The van der Waals surface area contributed by atoms with Gasteiger partial charge in [0.15, 0.2) is 5.82 Å². The Morgan fingerprint density at radius 3 is 2.68 bits per heavy atom. The van der Waals surface area contributed by atoms with Crippen LogP contribution in [-0.4, -0.2) is 24.1 Å². The monoisotopic (exact) mass is 261 g/mol.